The first-order valence-corrected chi connectivity index (χ1v) is 11.6. The van der Waals surface area contributed by atoms with E-state index in [1.54, 1.807) is 0 Å². The number of nitrogens with zero attached hydrogens (tertiary/aromatic N) is 4. The van der Waals surface area contributed by atoms with Gasteiger partial charge in [0.15, 0.2) is 0 Å². The Labute approximate surface area is 170 Å². The summed E-state index contributed by atoms with van der Waals surface area (Å²) in [6.45, 7) is 27.6. The molecule has 0 aromatic carbocycles. The Bertz CT molecular complexity index is 426. The molecule has 0 radical (unpaired) electrons. The molecule has 0 N–H and O–H groups in total. The van der Waals surface area contributed by atoms with Crippen LogP contribution in [0.2, 0.25) is 0 Å². The molecule has 0 spiro atoms. The van der Waals surface area contributed by atoms with Crippen molar-refractivity contribution in [3.8, 4) is 0 Å². The highest BCUT2D eigenvalue weighted by molar-refractivity contribution is 4.90. The van der Waals surface area contributed by atoms with Crippen molar-refractivity contribution >= 4 is 0 Å². The molecule has 2 aliphatic rings. The number of rotatable bonds is 7. The van der Waals surface area contributed by atoms with Crippen molar-refractivity contribution in [1.29, 1.82) is 0 Å². The molecule has 2 unspecified atom stereocenters. The standard InChI is InChI=1S/C23H48N4/c1-17(2)25-15-22(8)27(23(9)16-25)20(6)11-10-19(5)24-12-13-26(18(3)4)21(7)14-24/h17-23H,10-16H2,1-9H3/t19?,20?,21-,22-,23+/m0/s1. The summed E-state index contributed by atoms with van der Waals surface area (Å²) in [6.07, 6.45) is 2.63. The summed E-state index contributed by atoms with van der Waals surface area (Å²) < 4.78 is 0. The summed E-state index contributed by atoms with van der Waals surface area (Å²) >= 11 is 0. The third-order valence-electron chi connectivity index (χ3n) is 7.25. The lowest BCUT2D eigenvalue weighted by molar-refractivity contribution is -0.00727. The van der Waals surface area contributed by atoms with Gasteiger partial charge in [0.2, 0.25) is 0 Å². The van der Waals surface area contributed by atoms with E-state index in [-0.39, 0.29) is 0 Å². The molecule has 4 heteroatoms. The van der Waals surface area contributed by atoms with Gasteiger partial charge in [-0.2, -0.15) is 0 Å². The van der Waals surface area contributed by atoms with Gasteiger partial charge in [-0.3, -0.25) is 19.6 Å². The second-order valence-electron chi connectivity index (χ2n) is 10.1. The smallest absolute Gasteiger partial charge is 0.0201 e. The summed E-state index contributed by atoms with van der Waals surface area (Å²) in [5.41, 5.74) is 0. The molecule has 0 aliphatic carbocycles. The van der Waals surface area contributed by atoms with Crippen LogP contribution in [-0.4, -0.2) is 94.6 Å². The van der Waals surface area contributed by atoms with E-state index in [9.17, 15) is 0 Å². The van der Waals surface area contributed by atoms with Gasteiger partial charge in [-0.25, -0.2) is 0 Å². The predicted molar refractivity (Wildman–Crippen MR) is 119 cm³/mol. The molecule has 27 heavy (non-hydrogen) atoms. The molecule has 0 amide bonds. The van der Waals surface area contributed by atoms with E-state index in [1.807, 2.05) is 0 Å². The van der Waals surface area contributed by atoms with Gasteiger partial charge in [0.05, 0.1) is 0 Å². The highest BCUT2D eigenvalue weighted by atomic mass is 15.3. The number of hydrogen-bond acceptors (Lipinski definition) is 4. The average Bonchev–Trinajstić information content (AvgIpc) is 2.58. The van der Waals surface area contributed by atoms with Gasteiger partial charge in [0.1, 0.15) is 0 Å². The monoisotopic (exact) mass is 380 g/mol. The largest absolute Gasteiger partial charge is 0.298 e. The molecule has 2 rings (SSSR count). The average molecular weight is 381 g/mol. The molecule has 0 saturated carbocycles. The molecule has 5 atom stereocenters. The Balaban J connectivity index is 1.82. The third kappa shape index (κ3) is 5.91. The van der Waals surface area contributed by atoms with E-state index < -0.39 is 0 Å². The van der Waals surface area contributed by atoms with Gasteiger partial charge >= 0.3 is 0 Å². The molecular formula is C23H48N4. The van der Waals surface area contributed by atoms with Gasteiger partial charge < -0.3 is 0 Å². The minimum absolute atomic E-state index is 0.663. The van der Waals surface area contributed by atoms with Crippen LogP contribution < -0.4 is 0 Å². The van der Waals surface area contributed by atoms with E-state index in [2.05, 4.69) is 81.9 Å². The molecule has 4 nitrogen and oxygen atoms in total. The second kappa shape index (κ2) is 10.0. The molecule has 160 valence electrons. The fourth-order valence-electron chi connectivity index (χ4n) is 5.65. The Kier molecular flexibility index (Phi) is 8.60. The lowest BCUT2D eigenvalue weighted by atomic mass is 9.98. The van der Waals surface area contributed by atoms with Gasteiger partial charge in [-0.05, 0) is 75.2 Å². The third-order valence-corrected chi connectivity index (χ3v) is 7.25. The van der Waals surface area contributed by atoms with Crippen LogP contribution in [-0.2, 0) is 0 Å². The van der Waals surface area contributed by atoms with Gasteiger partial charge in [-0.1, -0.05) is 0 Å². The molecule has 2 fully saturated rings. The Morgan fingerprint density at radius 2 is 1.15 bits per heavy atom. The molecule has 2 heterocycles. The van der Waals surface area contributed by atoms with Gasteiger partial charge in [0, 0.05) is 75.0 Å². The minimum Gasteiger partial charge on any atom is -0.298 e. The lowest BCUT2D eigenvalue weighted by Crippen LogP contribution is -2.60. The van der Waals surface area contributed by atoms with E-state index in [4.69, 9.17) is 0 Å². The van der Waals surface area contributed by atoms with E-state index in [0.717, 1.165) is 0 Å². The van der Waals surface area contributed by atoms with Crippen molar-refractivity contribution in [2.45, 2.75) is 117 Å². The van der Waals surface area contributed by atoms with E-state index in [0.29, 0.717) is 42.3 Å². The molecular weight excluding hydrogens is 332 g/mol. The van der Waals surface area contributed by atoms with Crippen molar-refractivity contribution in [1.82, 2.24) is 19.6 Å². The summed E-state index contributed by atoms with van der Waals surface area (Å²) in [5.74, 6) is 0. The van der Waals surface area contributed by atoms with Crippen LogP contribution in [0, 0.1) is 0 Å². The highest BCUT2D eigenvalue weighted by Crippen LogP contribution is 2.24. The van der Waals surface area contributed by atoms with Gasteiger partial charge in [-0.15, -0.1) is 0 Å². The zero-order valence-electron chi connectivity index (χ0n) is 19.8. The Morgan fingerprint density at radius 3 is 1.63 bits per heavy atom. The molecule has 2 aliphatic heterocycles. The highest BCUT2D eigenvalue weighted by Gasteiger charge is 2.34. The quantitative estimate of drug-likeness (QED) is 0.666. The van der Waals surface area contributed by atoms with Crippen LogP contribution in [0.3, 0.4) is 0 Å². The van der Waals surface area contributed by atoms with Crippen LogP contribution >= 0.6 is 0 Å². The summed E-state index contributed by atoms with van der Waals surface area (Å²) in [4.78, 5) is 10.8. The summed E-state index contributed by atoms with van der Waals surface area (Å²) in [5, 5.41) is 0. The first-order valence-electron chi connectivity index (χ1n) is 11.6. The first-order chi connectivity index (χ1) is 12.6. The second-order valence-corrected chi connectivity index (χ2v) is 10.1. The van der Waals surface area contributed by atoms with Crippen LogP contribution in [0.15, 0.2) is 0 Å². The Morgan fingerprint density at radius 1 is 0.630 bits per heavy atom. The van der Waals surface area contributed by atoms with E-state index in [1.165, 1.54) is 45.6 Å². The molecule has 0 bridgehead atoms. The van der Waals surface area contributed by atoms with Crippen molar-refractivity contribution in [2.24, 2.45) is 0 Å². The minimum atomic E-state index is 0.663. The first kappa shape index (κ1) is 23.1. The molecule has 2 saturated heterocycles. The maximum absolute atomic E-state index is 2.80. The normalized spacial score (nSPS) is 32.3. The topological polar surface area (TPSA) is 13.0 Å². The van der Waals surface area contributed by atoms with Crippen LogP contribution in [0.4, 0.5) is 0 Å². The zero-order valence-corrected chi connectivity index (χ0v) is 19.8. The zero-order chi connectivity index (χ0) is 20.3. The fourth-order valence-corrected chi connectivity index (χ4v) is 5.65. The van der Waals surface area contributed by atoms with Crippen molar-refractivity contribution < 1.29 is 0 Å². The molecule has 0 aromatic rings. The summed E-state index contributed by atoms with van der Waals surface area (Å²) in [6, 6.07) is 4.73. The fraction of sp³-hybridized carbons (Fsp3) is 1.00. The van der Waals surface area contributed by atoms with Crippen LogP contribution in [0.1, 0.15) is 75.2 Å². The maximum Gasteiger partial charge on any atom is 0.0201 e. The van der Waals surface area contributed by atoms with E-state index >= 15 is 0 Å². The van der Waals surface area contributed by atoms with Crippen molar-refractivity contribution in [2.75, 3.05) is 32.7 Å². The van der Waals surface area contributed by atoms with Crippen LogP contribution in [0.25, 0.3) is 0 Å². The lowest BCUT2D eigenvalue weighted by Gasteiger charge is -2.49. The SMILES string of the molecule is CC(C)N1C[C@@H](C)N(C(C)CCC(C)N2CCN(C(C)C)[C@@H](C)C2)[C@@H](C)C1. The molecule has 0 aromatic heterocycles. The predicted octanol–water partition coefficient (Wildman–Crippen LogP) is 3.76. The van der Waals surface area contributed by atoms with Crippen molar-refractivity contribution in [3.63, 3.8) is 0 Å². The Hall–Kier alpha value is -0.160. The maximum atomic E-state index is 2.80. The van der Waals surface area contributed by atoms with Gasteiger partial charge in [0.25, 0.3) is 0 Å². The van der Waals surface area contributed by atoms with Crippen molar-refractivity contribution in [3.05, 3.63) is 0 Å². The number of piperazine rings is 2. The number of hydrogen-bond donors (Lipinski definition) is 0. The van der Waals surface area contributed by atoms with Crippen LogP contribution in [0.5, 0.6) is 0 Å². The summed E-state index contributed by atoms with van der Waals surface area (Å²) in [7, 11) is 0.